The van der Waals surface area contributed by atoms with E-state index in [4.69, 9.17) is 10.3 Å². The monoisotopic (exact) mass is 89.0 g/mol. The summed E-state index contributed by atoms with van der Waals surface area (Å²) < 4.78 is 0. The molecule has 0 fully saturated rings. The van der Waals surface area contributed by atoms with Gasteiger partial charge in [0.15, 0.2) is 0 Å². The highest BCUT2D eigenvalue weighted by atomic mass is 16.4. The molecule has 0 aliphatic rings. The number of aliphatic hydroxyl groups is 1. The van der Waals surface area contributed by atoms with Crippen molar-refractivity contribution in [2.75, 3.05) is 6.61 Å². The first-order valence-corrected chi connectivity index (χ1v) is 1.59. The largest absolute Gasteiger partial charge is 0.411 e. The van der Waals surface area contributed by atoms with Crippen molar-refractivity contribution in [3.8, 4) is 0 Å². The molecule has 0 spiro atoms. The second kappa shape index (κ2) is 2.66. The number of hydrogen-bond donors (Lipinski definition) is 2. The van der Waals surface area contributed by atoms with Crippen LogP contribution in [0.5, 0.6) is 0 Å². The molecule has 0 saturated heterocycles. The number of nitrogens with zero attached hydrogens (tertiary/aromatic N) is 1. The minimum absolute atomic E-state index is 0.170. The van der Waals surface area contributed by atoms with Crippen molar-refractivity contribution in [2.45, 2.75) is 6.92 Å². The van der Waals surface area contributed by atoms with E-state index in [1.54, 1.807) is 0 Å². The molecular weight excluding hydrogens is 82.0 g/mol. The van der Waals surface area contributed by atoms with Crippen LogP contribution in [-0.4, -0.2) is 22.6 Å². The van der Waals surface area contributed by atoms with Crippen molar-refractivity contribution in [1.82, 2.24) is 0 Å². The fourth-order valence-electron chi connectivity index (χ4n) is 0.0316. The summed E-state index contributed by atoms with van der Waals surface area (Å²) in [4.78, 5) is 0. The fraction of sp³-hybridized carbons (Fsp3) is 0.667. The number of oxime groups is 1. The minimum Gasteiger partial charge on any atom is -0.411 e. The van der Waals surface area contributed by atoms with Gasteiger partial charge in [0, 0.05) is 0 Å². The maximum Gasteiger partial charge on any atom is 0.0844 e. The van der Waals surface area contributed by atoms with Crippen LogP contribution in [0.2, 0.25) is 0 Å². The van der Waals surface area contributed by atoms with E-state index < -0.39 is 0 Å². The summed E-state index contributed by atoms with van der Waals surface area (Å²) >= 11 is 0. The van der Waals surface area contributed by atoms with Crippen LogP contribution >= 0.6 is 0 Å². The van der Waals surface area contributed by atoms with Gasteiger partial charge >= 0.3 is 0 Å². The average Bonchev–Trinajstić information content (AvgIpc) is 1.65. The van der Waals surface area contributed by atoms with Crippen LogP contribution in [0.3, 0.4) is 0 Å². The highest BCUT2D eigenvalue weighted by molar-refractivity contribution is 5.82. The summed E-state index contributed by atoms with van der Waals surface area (Å²) in [6, 6.07) is 0. The summed E-state index contributed by atoms with van der Waals surface area (Å²) in [6.45, 7) is 1.36. The molecule has 2 N–H and O–H groups in total. The van der Waals surface area contributed by atoms with Gasteiger partial charge in [0.25, 0.3) is 0 Å². The Morgan fingerprint density at radius 1 is 1.83 bits per heavy atom. The fourth-order valence-corrected chi connectivity index (χ4v) is 0.0316. The molecule has 0 unspecified atom stereocenters. The topological polar surface area (TPSA) is 52.8 Å². The smallest absolute Gasteiger partial charge is 0.0844 e. The average molecular weight is 89.1 g/mol. The summed E-state index contributed by atoms with van der Waals surface area (Å²) in [7, 11) is 0. The molecule has 0 amide bonds. The van der Waals surface area contributed by atoms with Gasteiger partial charge in [0.2, 0.25) is 0 Å². The van der Waals surface area contributed by atoms with Crippen LogP contribution in [0.25, 0.3) is 0 Å². The third-order valence-electron chi connectivity index (χ3n) is 0.400. The predicted octanol–water partition coefficient (Wildman–Crippen LogP) is -0.171. The molecule has 0 atom stereocenters. The molecular formula is C3H7NO2. The third-order valence-corrected chi connectivity index (χ3v) is 0.400. The van der Waals surface area contributed by atoms with Crippen LogP contribution in [0, 0.1) is 0 Å². The summed E-state index contributed by atoms with van der Waals surface area (Å²) in [6.07, 6.45) is 0. The second-order valence-electron chi connectivity index (χ2n) is 0.993. The molecule has 6 heavy (non-hydrogen) atoms. The van der Waals surface area contributed by atoms with E-state index in [2.05, 4.69) is 5.16 Å². The van der Waals surface area contributed by atoms with Gasteiger partial charge in [-0.15, -0.1) is 0 Å². The molecule has 0 aromatic heterocycles. The second-order valence-corrected chi connectivity index (χ2v) is 0.993. The molecule has 0 bridgehead atoms. The lowest BCUT2D eigenvalue weighted by molar-refractivity contribution is 0.302. The molecule has 0 rings (SSSR count). The van der Waals surface area contributed by atoms with Crippen LogP contribution in [-0.2, 0) is 0 Å². The Hall–Kier alpha value is -0.570. The van der Waals surface area contributed by atoms with Crippen molar-refractivity contribution < 1.29 is 10.3 Å². The molecule has 3 nitrogen and oxygen atoms in total. The minimum atomic E-state index is -0.170. The van der Waals surface area contributed by atoms with E-state index in [0.717, 1.165) is 0 Å². The first-order valence-electron chi connectivity index (χ1n) is 1.59. The first-order chi connectivity index (χ1) is 2.81. The van der Waals surface area contributed by atoms with E-state index in [1.165, 1.54) is 6.92 Å². The van der Waals surface area contributed by atoms with Gasteiger partial charge in [-0.2, -0.15) is 0 Å². The third kappa shape index (κ3) is 1.72. The van der Waals surface area contributed by atoms with E-state index in [-0.39, 0.29) is 6.61 Å². The van der Waals surface area contributed by atoms with Crippen LogP contribution in [0.1, 0.15) is 6.92 Å². The Balaban J connectivity index is 3.22. The first kappa shape index (κ1) is 5.43. The molecule has 0 aliphatic heterocycles. The molecule has 0 aliphatic carbocycles. The van der Waals surface area contributed by atoms with Crippen molar-refractivity contribution in [1.29, 1.82) is 0 Å². The lowest BCUT2D eigenvalue weighted by Crippen LogP contribution is -1.95. The van der Waals surface area contributed by atoms with E-state index >= 15 is 0 Å². The standard InChI is InChI=1S/C3H7NO2/c1-3(2-5)4-6/h5-6H,2H2,1H3. The van der Waals surface area contributed by atoms with Gasteiger partial charge in [-0.1, -0.05) is 5.16 Å². The van der Waals surface area contributed by atoms with Gasteiger partial charge in [-0.3, -0.25) is 0 Å². The molecule has 0 saturated carbocycles. The summed E-state index contributed by atoms with van der Waals surface area (Å²) in [5.74, 6) is 0. The zero-order chi connectivity index (χ0) is 4.99. The van der Waals surface area contributed by atoms with E-state index in [9.17, 15) is 0 Å². The highest BCUT2D eigenvalue weighted by Crippen LogP contribution is 1.66. The lowest BCUT2D eigenvalue weighted by Gasteiger charge is -1.81. The van der Waals surface area contributed by atoms with Crippen molar-refractivity contribution in [3.63, 3.8) is 0 Å². The zero-order valence-electron chi connectivity index (χ0n) is 3.55. The molecule has 3 heteroatoms. The Kier molecular flexibility index (Phi) is 2.40. The number of rotatable bonds is 1. The molecule has 36 valence electrons. The van der Waals surface area contributed by atoms with Gasteiger partial charge in [-0.25, -0.2) is 0 Å². The Bertz CT molecular complexity index is 59.8. The predicted molar refractivity (Wildman–Crippen MR) is 22.0 cm³/mol. The SMILES string of the molecule is CC(CO)=NO. The van der Waals surface area contributed by atoms with Crippen LogP contribution in [0.15, 0.2) is 5.16 Å². The van der Waals surface area contributed by atoms with Crippen LogP contribution < -0.4 is 0 Å². The molecule has 0 radical (unpaired) electrons. The lowest BCUT2D eigenvalue weighted by atomic mass is 10.5. The van der Waals surface area contributed by atoms with Gasteiger partial charge in [0.05, 0.1) is 12.3 Å². The number of aliphatic hydroxyl groups excluding tert-OH is 1. The maximum absolute atomic E-state index is 8.04. The van der Waals surface area contributed by atoms with E-state index in [1.807, 2.05) is 0 Å². The highest BCUT2D eigenvalue weighted by Gasteiger charge is 1.79. The Morgan fingerprint density at radius 2 is 2.33 bits per heavy atom. The summed E-state index contributed by atoms with van der Waals surface area (Å²) in [5, 5.41) is 18.5. The number of hydrogen-bond acceptors (Lipinski definition) is 3. The van der Waals surface area contributed by atoms with Gasteiger partial charge in [0.1, 0.15) is 0 Å². The molecule has 0 aromatic rings. The van der Waals surface area contributed by atoms with Crippen molar-refractivity contribution >= 4 is 5.71 Å². The van der Waals surface area contributed by atoms with Crippen LogP contribution in [0.4, 0.5) is 0 Å². The van der Waals surface area contributed by atoms with Crippen molar-refractivity contribution in [3.05, 3.63) is 0 Å². The van der Waals surface area contributed by atoms with Gasteiger partial charge in [-0.05, 0) is 6.92 Å². The van der Waals surface area contributed by atoms with Crippen molar-refractivity contribution in [2.24, 2.45) is 5.16 Å². The quantitative estimate of drug-likeness (QED) is 0.266. The maximum atomic E-state index is 8.04. The Labute approximate surface area is 35.9 Å². The zero-order valence-corrected chi connectivity index (χ0v) is 3.55. The Morgan fingerprint density at radius 3 is 2.33 bits per heavy atom. The summed E-state index contributed by atoms with van der Waals surface area (Å²) in [5.41, 5.74) is 0.329. The van der Waals surface area contributed by atoms with Gasteiger partial charge < -0.3 is 10.3 Å². The molecule has 0 aromatic carbocycles. The van der Waals surface area contributed by atoms with E-state index in [0.29, 0.717) is 5.71 Å². The normalized spacial score (nSPS) is 12.0. The molecule has 0 heterocycles.